The molecule has 0 radical (unpaired) electrons. The molecule has 0 amide bonds. The van der Waals surface area contributed by atoms with Gasteiger partial charge in [0.25, 0.3) is 0 Å². The summed E-state index contributed by atoms with van der Waals surface area (Å²) in [5.41, 5.74) is 0.891. The molecule has 0 saturated carbocycles. The van der Waals surface area contributed by atoms with Crippen LogP contribution in [0.5, 0.6) is 0 Å². The van der Waals surface area contributed by atoms with E-state index in [0.717, 1.165) is 16.5 Å². The van der Waals surface area contributed by atoms with Crippen LogP contribution in [-0.2, 0) is 0 Å². The minimum absolute atomic E-state index is 0.107. The normalized spacial score (nSPS) is 10.5. The van der Waals surface area contributed by atoms with Gasteiger partial charge >= 0.3 is 5.97 Å². The van der Waals surface area contributed by atoms with Gasteiger partial charge in [-0.15, -0.1) is 0 Å². The Labute approximate surface area is 128 Å². The molecule has 0 aliphatic rings. The van der Waals surface area contributed by atoms with E-state index in [1.807, 2.05) is 24.3 Å². The summed E-state index contributed by atoms with van der Waals surface area (Å²) < 4.78 is 0.618. The highest BCUT2D eigenvalue weighted by Gasteiger charge is 2.13. The minimum atomic E-state index is -1.03. The summed E-state index contributed by atoms with van der Waals surface area (Å²) in [7, 11) is 0. The fourth-order valence-corrected chi connectivity index (χ4v) is 2.39. The van der Waals surface area contributed by atoms with Gasteiger partial charge in [0.15, 0.2) is 0 Å². The molecule has 2 heterocycles. The van der Waals surface area contributed by atoms with Gasteiger partial charge in [-0.3, -0.25) is 4.98 Å². The van der Waals surface area contributed by atoms with Gasteiger partial charge in [-0.1, -0.05) is 12.1 Å². The van der Waals surface area contributed by atoms with E-state index in [2.05, 4.69) is 31.2 Å². The Hall–Kier alpha value is -2.47. The van der Waals surface area contributed by atoms with Gasteiger partial charge in [-0.2, -0.15) is 0 Å². The van der Waals surface area contributed by atoms with Gasteiger partial charge in [-0.05, 0) is 34.1 Å². The van der Waals surface area contributed by atoms with Crippen LogP contribution in [0.4, 0.5) is 11.5 Å². The van der Waals surface area contributed by atoms with Gasteiger partial charge in [0.1, 0.15) is 11.4 Å². The lowest BCUT2D eigenvalue weighted by molar-refractivity contribution is 0.0697. The number of rotatable bonds is 3. The van der Waals surface area contributed by atoms with Gasteiger partial charge in [-0.25, -0.2) is 9.78 Å². The number of hydrogen-bond donors (Lipinski definition) is 2. The summed E-state index contributed by atoms with van der Waals surface area (Å²) in [6.45, 7) is 0. The maximum absolute atomic E-state index is 11.3. The Morgan fingerprint density at radius 1 is 1.24 bits per heavy atom. The number of halogens is 1. The Morgan fingerprint density at radius 2 is 2.10 bits per heavy atom. The molecule has 6 heteroatoms. The molecule has 0 spiro atoms. The summed E-state index contributed by atoms with van der Waals surface area (Å²) in [6.07, 6.45) is 5.01. The first kappa shape index (κ1) is 13.5. The molecule has 0 aliphatic carbocycles. The van der Waals surface area contributed by atoms with Crippen molar-refractivity contribution in [2.24, 2.45) is 0 Å². The van der Waals surface area contributed by atoms with Crippen molar-refractivity contribution < 1.29 is 9.90 Å². The maximum atomic E-state index is 11.3. The zero-order valence-corrected chi connectivity index (χ0v) is 12.3. The maximum Gasteiger partial charge on any atom is 0.339 e. The molecule has 5 nitrogen and oxygen atoms in total. The van der Waals surface area contributed by atoms with E-state index in [4.69, 9.17) is 0 Å². The Kier molecular flexibility index (Phi) is 3.53. The third kappa shape index (κ3) is 2.71. The van der Waals surface area contributed by atoms with Crippen LogP contribution in [0.3, 0.4) is 0 Å². The molecular weight excluding hydrogens is 334 g/mol. The van der Waals surface area contributed by atoms with Crippen LogP contribution in [0.15, 0.2) is 53.4 Å². The minimum Gasteiger partial charge on any atom is -0.478 e. The monoisotopic (exact) mass is 343 g/mol. The molecule has 21 heavy (non-hydrogen) atoms. The number of hydrogen-bond acceptors (Lipinski definition) is 4. The van der Waals surface area contributed by atoms with Crippen LogP contribution in [0.2, 0.25) is 0 Å². The van der Waals surface area contributed by atoms with Crippen LogP contribution in [0, 0.1) is 0 Å². The number of carboxylic acid groups (broad SMARTS) is 1. The highest BCUT2D eigenvalue weighted by atomic mass is 79.9. The molecule has 3 aromatic rings. The van der Waals surface area contributed by atoms with E-state index in [-0.39, 0.29) is 5.56 Å². The van der Waals surface area contributed by atoms with Crippen molar-refractivity contribution in [3.05, 3.63) is 59.0 Å². The number of fused-ring (bicyclic) bond motifs is 1. The van der Waals surface area contributed by atoms with Crippen molar-refractivity contribution in [1.82, 2.24) is 9.97 Å². The fraction of sp³-hybridized carbons (Fsp3) is 0. The molecule has 2 aromatic heterocycles. The lowest BCUT2D eigenvalue weighted by Gasteiger charge is -2.11. The van der Waals surface area contributed by atoms with Crippen molar-refractivity contribution in [2.45, 2.75) is 0 Å². The van der Waals surface area contributed by atoms with Gasteiger partial charge in [0, 0.05) is 39.5 Å². The molecule has 0 unspecified atom stereocenters. The third-order valence-electron chi connectivity index (χ3n) is 3.02. The highest BCUT2D eigenvalue weighted by molar-refractivity contribution is 9.10. The fourth-order valence-electron chi connectivity index (χ4n) is 2.06. The van der Waals surface area contributed by atoms with Crippen LogP contribution in [-0.4, -0.2) is 21.0 Å². The summed E-state index contributed by atoms with van der Waals surface area (Å²) in [6, 6.07) is 9.09. The van der Waals surface area contributed by atoms with E-state index >= 15 is 0 Å². The number of aromatic carboxylic acids is 1. The van der Waals surface area contributed by atoms with Crippen molar-refractivity contribution in [2.75, 3.05) is 5.32 Å². The number of carbonyl (C=O) groups is 1. The molecule has 1 aromatic carbocycles. The SMILES string of the molecule is O=C(O)c1cc(Br)cnc1Nc1cccc2cnccc12. The lowest BCUT2D eigenvalue weighted by atomic mass is 10.1. The van der Waals surface area contributed by atoms with Crippen LogP contribution < -0.4 is 5.32 Å². The van der Waals surface area contributed by atoms with Crippen molar-refractivity contribution in [3.8, 4) is 0 Å². The number of nitrogens with one attached hydrogen (secondary N) is 1. The number of aromatic nitrogens is 2. The number of benzene rings is 1. The summed E-state index contributed by atoms with van der Waals surface area (Å²) in [5, 5.41) is 14.3. The summed E-state index contributed by atoms with van der Waals surface area (Å²) in [4.78, 5) is 19.5. The first-order chi connectivity index (χ1) is 10.1. The predicted octanol–water partition coefficient (Wildman–Crippen LogP) is 3.83. The molecule has 3 rings (SSSR count). The average molecular weight is 344 g/mol. The largest absolute Gasteiger partial charge is 0.478 e. The third-order valence-corrected chi connectivity index (χ3v) is 3.45. The molecule has 2 N–H and O–H groups in total. The highest BCUT2D eigenvalue weighted by Crippen LogP contribution is 2.27. The molecule has 0 aliphatic heterocycles. The van der Waals surface area contributed by atoms with Crippen molar-refractivity contribution in [1.29, 1.82) is 0 Å². The Morgan fingerprint density at radius 3 is 2.90 bits per heavy atom. The quantitative estimate of drug-likeness (QED) is 0.755. The molecule has 0 fully saturated rings. The topological polar surface area (TPSA) is 75.1 Å². The van der Waals surface area contributed by atoms with Crippen molar-refractivity contribution >= 4 is 44.2 Å². The standard InChI is InChI=1S/C15H10BrN3O2/c16-10-6-12(15(20)21)14(18-8-10)19-13-3-1-2-9-7-17-5-4-11(9)13/h1-8H,(H,18,19)(H,20,21). The molecule has 0 saturated heterocycles. The second kappa shape index (κ2) is 5.49. The Balaban J connectivity index is 2.09. The number of carboxylic acids is 1. The van der Waals surface area contributed by atoms with Crippen molar-refractivity contribution in [3.63, 3.8) is 0 Å². The number of anilines is 2. The molecule has 104 valence electrons. The predicted molar refractivity (Wildman–Crippen MR) is 83.9 cm³/mol. The van der Waals surface area contributed by atoms with Crippen LogP contribution in [0.25, 0.3) is 10.8 Å². The molecule has 0 atom stereocenters. The van der Waals surface area contributed by atoms with Gasteiger partial charge < -0.3 is 10.4 Å². The second-order valence-electron chi connectivity index (χ2n) is 4.38. The van der Waals surface area contributed by atoms with E-state index in [0.29, 0.717) is 10.3 Å². The molecule has 0 bridgehead atoms. The smallest absolute Gasteiger partial charge is 0.339 e. The van der Waals surface area contributed by atoms with E-state index in [9.17, 15) is 9.90 Å². The first-order valence-electron chi connectivity index (χ1n) is 6.14. The van der Waals surface area contributed by atoms with Gasteiger partial charge in [0.05, 0.1) is 0 Å². The van der Waals surface area contributed by atoms with Crippen LogP contribution >= 0.6 is 15.9 Å². The Bertz CT molecular complexity index is 831. The zero-order chi connectivity index (χ0) is 14.8. The second-order valence-corrected chi connectivity index (χ2v) is 5.30. The molecular formula is C15H10BrN3O2. The summed E-state index contributed by atoms with van der Waals surface area (Å²) in [5.74, 6) is -0.733. The van der Waals surface area contributed by atoms with Gasteiger partial charge in [0.2, 0.25) is 0 Å². The number of nitrogens with zero attached hydrogens (tertiary/aromatic N) is 2. The number of pyridine rings is 2. The lowest BCUT2D eigenvalue weighted by Crippen LogP contribution is -2.05. The van der Waals surface area contributed by atoms with E-state index < -0.39 is 5.97 Å². The van der Waals surface area contributed by atoms with Crippen LogP contribution in [0.1, 0.15) is 10.4 Å². The zero-order valence-electron chi connectivity index (χ0n) is 10.7. The van der Waals surface area contributed by atoms with E-state index in [1.54, 1.807) is 18.6 Å². The summed E-state index contributed by atoms with van der Waals surface area (Å²) >= 11 is 3.23. The average Bonchev–Trinajstić information content (AvgIpc) is 2.49. The first-order valence-corrected chi connectivity index (χ1v) is 6.93. The van der Waals surface area contributed by atoms with E-state index in [1.165, 1.54) is 6.07 Å².